The molecule has 1 N–H and O–H groups in total. The van der Waals surface area contributed by atoms with Crippen LogP contribution in [0.2, 0.25) is 0 Å². The molecule has 0 atom stereocenters. The van der Waals surface area contributed by atoms with Gasteiger partial charge in [-0.25, -0.2) is 9.97 Å². The van der Waals surface area contributed by atoms with E-state index in [2.05, 4.69) is 39.3 Å². The Balaban J connectivity index is 1.96. The highest BCUT2D eigenvalue weighted by Crippen LogP contribution is 2.14. The zero-order valence-electron chi connectivity index (χ0n) is 10.8. The van der Waals surface area contributed by atoms with E-state index in [9.17, 15) is 0 Å². The number of anilines is 1. The van der Waals surface area contributed by atoms with Crippen LogP contribution in [-0.4, -0.2) is 26.7 Å². The Labute approximate surface area is 106 Å². The first-order valence-corrected chi connectivity index (χ1v) is 6.00. The van der Waals surface area contributed by atoms with Crippen molar-refractivity contribution in [2.24, 2.45) is 0 Å². The quantitative estimate of drug-likeness (QED) is 0.870. The minimum absolute atomic E-state index is 0.392. The molecular weight excluding hydrogens is 230 g/mol. The SMILES string of the molecule is Cc1cc(C(C)C)nc(NCCc2ncno2)n1. The van der Waals surface area contributed by atoms with E-state index in [-0.39, 0.29) is 0 Å². The van der Waals surface area contributed by atoms with E-state index in [1.165, 1.54) is 6.33 Å². The van der Waals surface area contributed by atoms with Crippen LogP contribution in [0.25, 0.3) is 0 Å². The molecule has 2 aromatic heterocycles. The standard InChI is InChI=1S/C12H17N5O/c1-8(2)10-6-9(3)16-12(17-10)13-5-4-11-14-7-15-18-11/h6-8H,4-5H2,1-3H3,(H,13,16,17). The highest BCUT2D eigenvalue weighted by atomic mass is 16.5. The molecule has 0 saturated heterocycles. The van der Waals surface area contributed by atoms with Gasteiger partial charge in [-0.2, -0.15) is 4.98 Å². The summed E-state index contributed by atoms with van der Waals surface area (Å²) < 4.78 is 4.92. The molecule has 18 heavy (non-hydrogen) atoms. The monoisotopic (exact) mass is 247 g/mol. The molecule has 0 radical (unpaired) electrons. The maximum Gasteiger partial charge on any atom is 0.228 e. The molecule has 0 fully saturated rings. The zero-order valence-corrected chi connectivity index (χ0v) is 10.8. The molecule has 2 aromatic rings. The number of nitrogens with one attached hydrogen (secondary N) is 1. The summed E-state index contributed by atoms with van der Waals surface area (Å²) in [7, 11) is 0. The van der Waals surface area contributed by atoms with Gasteiger partial charge in [-0.3, -0.25) is 0 Å². The van der Waals surface area contributed by atoms with E-state index >= 15 is 0 Å². The third-order valence-electron chi connectivity index (χ3n) is 2.49. The summed E-state index contributed by atoms with van der Waals surface area (Å²) in [6.07, 6.45) is 2.06. The number of aryl methyl sites for hydroxylation is 1. The predicted octanol–water partition coefficient (Wildman–Crippen LogP) is 1.95. The highest BCUT2D eigenvalue weighted by molar-refractivity contribution is 5.29. The van der Waals surface area contributed by atoms with E-state index in [1.54, 1.807) is 0 Å². The Bertz CT molecular complexity index is 495. The molecular formula is C12H17N5O. The normalized spacial score (nSPS) is 10.9. The molecule has 96 valence electrons. The summed E-state index contributed by atoms with van der Waals surface area (Å²) in [5.41, 5.74) is 2.01. The van der Waals surface area contributed by atoms with E-state index in [1.807, 2.05) is 13.0 Å². The molecule has 0 aliphatic rings. The lowest BCUT2D eigenvalue weighted by Gasteiger charge is -2.09. The highest BCUT2D eigenvalue weighted by Gasteiger charge is 2.06. The van der Waals surface area contributed by atoms with E-state index in [0.29, 0.717) is 30.7 Å². The van der Waals surface area contributed by atoms with Crippen LogP contribution in [0, 0.1) is 6.92 Å². The van der Waals surface area contributed by atoms with Gasteiger partial charge >= 0.3 is 0 Å². The van der Waals surface area contributed by atoms with Crippen molar-refractivity contribution in [1.29, 1.82) is 0 Å². The number of nitrogens with zero attached hydrogens (tertiary/aromatic N) is 4. The van der Waals surface area contributed by atoms with Gasteiger partial charge in [-0.15, -0.1) is 0 Å². The van der Waals surface area contributed by atoms with E-state index in [0.717, 1.165) is 11.4 Å². The van der Waals surface area contributed by atoms with Crippen LogP contribution in [0.1, 0.15) is 37.0 Å². The second kappa shape index (κ2) is 5.57. The van der Waals surface area contributed by atoms with Gasteiger partial charge in [0.05, 0.1) is 0 Å². The van der Waals surface area contributed by atoms with Gasteiger partial charge in [0, 0.05) is 24.4 Å². The molecule has 6 heteroatoms. The molecule has 0 spiro atoms. The van der Waals surface area contributed by atoms with Crippen LogP contribution in [-0.2, 0) is 6.42 Å². The smallest absolute Gasteiger partial charge is 0.228 e. The maximum absolute atomic E-state index is 4.92. The average molecular weight is 247 g/mol. The topological polar surface area (TPSA) is 76.7 Å². The minimum Gasteiger partial charge on any atom is -0.354 e. The van der Waals surface area contributed by atoms with Gasteiger partial charge in [-0.1, -0.05) is 19.0 Å². The summed E-state index contributed by atoms with van der Waals surface area (Å²) in [6, 6.07) is 2.01. The first-order chi connectivity index (χ1) is 8.65. The van der Waals surface area contributed by atoms with Crippen molar-refractivity contribution in [3.8, 4) is 0 Å². The Hall–Kier alpha value is -1.98. The van der Waals surface area contributed by atoms with Gasteiger partial charge in [0.1, 0.15) is 0 Å². The number of hydrogen-bond donors (Lipinski definition) is 1. The van der Waals surface area contributed by atoms with Gasteiger partial charge in [0.25, 0.3) is 0 Å². The Morgan fingerprint density at radius 1 is 1.33 bits per heavy atom. The molecule has 0 saturated carbocycles. The lowest BCUT2D eigenvalue weighted by atomic mass is 10.1. The van der Waals surface area contributed by atoms with Crippen LogP contribution in [0.3, 0.4) is 0 Å². The van der Waals surface area contributed by atoms with Crippen LogP contribution in [0.4, 0.5) is 5.95 Å². The Morgan fingerprint density at radius 3 is 2.83 bits per heavy atom. The molecule has 0 aromatic carbocycles. The predicted molar refractivity (Wildman–Crippen MR) is 67.3 cm³/mol. The molecule has 0 bridgehead atoms. The van der Waals surface area contributed by atoms with Crippen molar-refractivity contribution in [2.45, 2.75) is 33.1 Å². The lowest BCUT2D eigenvalue weighted by molar-refractivity contribution is 0.379. The molecule has 0 aliphatic carbocycles. The number of hydrogen-bond acceptors (Lipinski definition) is 6. The summed E-state index contributed by atoms with van der Waals surface area (Å²) in [5.74, 6) is 1.65. The summed E-state index contributed by atoms with van der Waals surface area (Å²) in [4.78, 5) is 12.8. The largest absolute Gasteiger partial charge is 0.354 e. The van der Waals surface area contributed by atoms with E-state index < -0.39 is 0 Å². The number of rotatable bonds is 5. The van der Waals surface area contributed by atoms with E-state index in [4.69, 9.17) is 4.52 Å². The summed E-state index contributed by atoms with van der Waals surface area (Å²) in [6.45, 7) is 6.87. The first kappa shape index (κ1) is 12.5. The maximum atomic E-state index is 4.92. The van der Waals surface area contributed by atoms with Crippen LogP contribution >= 0.6 is 0 Å². The molecule has 0 unspecified atom stereocenters. The zero-order chi connectivity index (χ0) is 13.0. The molecule has 0 aliphatic heterocycles. The van der Waals surface area contributed by atoms with Gasteiger partial charge in [-0.05, 0) is 18.9 Å². The third kappa shape index (κ3) is 3.26. The second-order valence-electron chi connectivity index (χ2n) is 4.42. The lowest BCUT2D eigenvalue weighted by Crippen LogP contribution is -2.10. The van der Waals surface area contributed by atoms with Crippen molar-refractivity contribution in [2.75, 3.05) is 11.9 Å². The average Bonchev–Trinajstić information content (AvgIpc) is 2.81. The molecule has 6 nitrogen and oxygen atoms in total. The van der Waals surface area contributed by atoms with Gasteiger partial charge < -0.3 is 9.84 Å². The fraction of sp³-hybridized carbons (Fsp3) is 0.500. The Kier molecular flexibility index (Phi) is 3.86. The van der Waals surface area contributed by atoms with Crippen molar-refractivity contribution < 1.29 is 4.52 Å². The minimum atomic E-state index is 0.392. The number of aromatic nitrogens is 4. The molecule has 2 heterocycles. The van der Waals surface area contributed by atoms with Crippen molar-refractivity contribution in [3.05, 3.63) is 29.7 Å². The third-order valence-corrected chi connectivity index (χ3v) is 2.49. The molecule has 0 amide bonds. The second-order valence-corrected chi connectivity index (χ2v) is 4.42. The summed E-state index contributed by atoms with van der Waals surface area (Å²) >= 11 is 0. The van der Waals surface area contributed by atoms with Crippen LogP contribution in [0.5, 0.6) is 0 Å². The van der Waals surface area contributed by atoms with Gasteiger partial charge in [0.15, 0.2) is 6.33 Å². The van der Waals surface area contributed by atoms with Crippen LogP contribution in [0.15, 0.2) is 16.9 Å². The van der Waals surface area contributed by atoms with Crippen molar-refractivity contribution >= 4 is 5.95 Å². The fourth-order valence-corrected chi connectivity index (χ4v) is 1.56. The van der Waals surface area contributed by atoms with Crippen molar-refractivity contribution in [3.63, 3.8) is 0 Å². The first-order valence-electron chi connectivity index (χ1n) is 6.00. The van der Waals surface area contributed by atoms with Crippen LogP contribution < -0.4 is 5.32 Å². The fourth-order valence-electron chi connectivity index (χ4n) is 1.56. The summed E-state index contributed by atoms with van der Waals surface area (Å²) in [5, 5.41) is 6.72. The Morgan fingerprint density at radius 2 is 2.17 bits per heavy atom. The van der Waals surface area contributed by atoms with Gasteiger partial charge in [0.2, 0.25) is 11.8 Å². The van der Waals surface area contributed by atoms with Crippen molar-refractivity contribution in [1.82, 2.24) is 20.1 Å². The molecule has 2 rings (SSSR count).